The van der Waals surface area contributed by atoms with Gasteiger partial charge in [0.1, 0.15) is 40.1 Å². The van der Waals surface area contributed by atoms with E-state index >= 15 is 0 Å². The first-order valence-electron chi connectivity index (χ1n) is 12.0. The lowest BCUT2D eigenvalue weighted by Crippen LogP contribution is -2.42. The van der Waals surface area contributed by atoms with Gasteiger partial charge < -0.3 is 19.7 Å². The van der Waals surface area contributed by atoms with Crippen LogP contribution in [0.5, 0.6) is 5.06 Å². The molecule has 1 aromatic carbocycles. The molecule has 2 amide bonds. The maximum atomic E-state index is 14.4. The third kappa shape index (κ3) is 6.60. The molecule has 12 heteroatoms. The number of ether oxygens (including phenoxy) is 2. The van der Waals surface area contributed by atoms with Crippen LogP contribution >= 0.6 is 11.5 Å². The number of rotatable bonds is 6. The number of nitrogens with zero attached hydrogens (tertiary/aromatic N) is 3. The van der Waals surface area contributed by atoms with Gasteiger partial charge in [0.05, 0.1) is 18.4 Å². The lowest BCUT2D eigenvalue weighted by atomic mass is 9.98. The van der Waals surface area contributed by atoms with Crippen molar-refractivity contribution in [1.29, 1.82) is 0 Å². The standard InChI is InChI=1S/C26H27F3N4O4S/c1-26(2,3)37-25(35)33-11-9-15(10-12-33)14-36-24-20(13-30-38-24)32-23(34)19-8-7-18(29)22(31-19)21-16(27)5-4-6-17(21)28/h4-8,13,15H,9-12,14H2,1-3H3,(H,32,34). The highest BCUT2D eigenvalue weighted by Crippen LogP contribution is 2.31. The van der Waals surface area contributed by atoms with Crippen LogP contribution in [0.4, 0.5) is 23.7 Å². The molecule has 1 N–H and O–H groups in total. The van der Waals surface area contributed by atoms with E-state index in [1.165, 1.54) is 6.20 Å². The predicted octanol–water partition coefficient (Wildman–Crippen LogP) is 5.90. The van der Waals surface area contributed by atoms with Gasteiger partial charge in [-0.2, -0.15) is 4.37 Å². The highest BCUT2D eigenvalue weighted by molar-refractivity contribution is 7.08. The van der Waals surface area contributed by atoms with Crippen molar-refractivity contribution in [2.75, 3.05) is 25.0 Å². The number of benzene rings is 1. The van der Waals surface area contributed by atoms with Crippen molar-refractivity contribution in [2.45, 2.75) is 39.2 Å². The van der Waals surface area contributed by atoms with Crippen LogP contribution in [0.3, 0.4) is 0 Å². The Bertz CT molecular complexity index is 1300. The number of piperidine rings is 1. The number of hydrogen-bond donors (Lipinski definition) is 1. The Morgan fingerprint density at radius 3 is 2.42 bits per heavy atom. The molecule has 1 aliphatic heterocycles. The highest BCUT2D eigenvalue weighted by Gasteiger charge is 2.27. The largest absolute Gasteiger partial charge is 0.481 e. The average Bonchev–Trinajstić information content (AvgIpc) is 3.29. The molecule has 1 fully saturated rings. The first kappa shape index (κ1) is 27.4. The van der Waals surface area contributed by atoms with E-state index in [1.54, 1.807) is 4.90 Å². The van der Waals surface area contributed by atoms with Crippen molar-refractivity contribution in [1.82, 2.24) is 14.3 Å². The molecular weight excluding hydrogens is 521 g/mol. The first-order chi connectivity index (χ1) is 18.0. The summed E-state index contributed by atoms with van der Waals surface area (Å²) in [6.45, 7) is 6.94. The molecule has 2 aromatic heterocycles. The van der Waals surface area contributed by atoms with Crippen LogP contribution in [-0.2, 0) is 4.74 Å². The fourth-order valence-corrected chi connectivity index (χ4v) is 4.45. The first-order valence-corrected chi connectivity index (χ1v) is 12.8. The summed E-state index contributed by atoms with van der Waals surface area (Å²) in [5.74, 6) is -3.49. The van der Waals surface area contributed by atoms with Gasteiger partial charge in [-0.15, -0.1) is 0 Å². The van der Waals surface area contributed by atoms with Crippen molar-refractivity contribution in [3.8, 4) is 16.3 Å². The predicted molar refractivity (Wildman–Crippen MR) is 136 cm³/mol. The van der Waals surface area contributed by atoms with Crippen LogP contribution < -0.4 is 10.1 Å². The van der Waals surface area contributed by atoms with Crippen LogP contribution in [0.25, 0.3) is 11.3 Å². The normalized spacial score (nSPS) is 14.3. The van der Waals surface area contributed by atoms with E-state index in [-0.39, 0.29) is 23.4 Å². The third-order valence-corrected chi connectivity index (χ3v) is 6.49. The number of anilines is 1. The smallest absolute Gasteiger partial charge is 0.410 e. The zero-order valence-electron chi connectivity index (χ0n) is 21.1. The number of carbonyl (C=O) groups is 2. The third-order valence-electron chi connectivity index (χ3n) is 5.78. The van der Waals surface area contributed by atoms with Crippen LogP contribution in [-0.4, -0.2) is 51.6 Å². The summed E-state index contributed by atoms with van der Waals surface area (Å²) >= 11 is 1.04. The Balaban J connectivity index is 1.36. The number of nitrogens with one attached hydrogen (secondary N) is 1. The summed E-state index contributed by atoms with van der Waals surface area (Å²) in [7, 11) is 0. The maximum absolute atomic E-state index is 14.4. The molecular formula is C26H27F3N4O4S. The molecule has 0 unspecified atom stereocenters. The van der Waals surface area contributed by atoms with E-state index in [1.807, 2.05) is 20.8 Å². The van der Waals surface area contributed by atoms with Gasteiger partial charge in [-0.1, -0.05) is 6.07 Å². The van der Waals surface area contributed by atoms with Crippen LogP contribution in [0.15, 0.2) is 36.5 Å². The minimum Gasteiger partial charge on any atom is -0.481 e. The Labute approximate surface area is 221 Å². The minimum absolute atomic E-state index is 0.191. The quantitative estimate of drug-likeness (QED) is 0.412. The zero-order chi connectivity index (χ0) is 27.4. The van der Waals surface area contributed by atoms with Crippen molar-refractivity contribution in [3.63, 3.8) is 0 Å². The van der Waals surface area contributed by atoms with Gasteiger partial charge in [-0.3, -0.25) is 4.79 Å². The SMILES string of the molecule is CC(C)(C)OC(=O)N1CCC(COc2sncc2NC(=O)c2ccc(F)c(-c3c(F)cccc3F)n2)CC1. The van der Waals surface area contributed by atoms with E-state index in [4.69, 9.17) is 9.47 Å². The molecule has 1 aliphatic rings. The molecule has 202 valence electrons. The number of carbonyl (C=O) groups excluding carboxylic acids is 2. The topological polar surface area (TPSA) is 93.6 Å². The zero-order valence-corrected chi connectivity index (χ0v) is 21.9. The molecule has 1 saturated heterocycles. The lowest BCUT2D eigenvalue weighted by molar-refractivity contribution is 0.0165. The molecule has 0 aliphatic carbocycles. The second-order valence-corrected chi connectivity index (χ2v) is 10.6. The molecule has 3 aromatic rings. The van der Waals surface area contributed by atoms with Gasteiger partial charge in [0.15, 0.2) is 0 Å². The summed E-state index contributed by atoms with van der Waals surface area (Å²) in [5.41, 5.74) is -1.76. The number of aromatic nitrogens is 2. The van der Waals surface area contributed by atoms with Crippen LogP contribution in [0.1, 0.15) is 44.1 Å². The second-order valence-electron chi connectivity index (χ2n) is 9.83. The second kappa shape index (κ2) is 11.4. The monoisotopic (exact) mass is 548 g/mol. The Morgan fingerprint density at radius 2 is 1.76 bits per heavy atom. The summed E-state index contributed by atoms with van der Waals surface area (Å²) in [4.78, 5) is 30.6. The Morgan fingerprint density at radius 1 is 1.08 bits per heavy atom. The maximum Gasteiger partial charge on any atom is 0.410 e. The molecule has 0 saturated carbocycles. The minimum atomic E-state index is -0.997. The number of hydrogen-bond acceptors (Lipinski definition) is 7. The van der Waals surface area contributed by atoms with Gasteiger partial charge in [0, 0.05) is 24.6 Å². The van der Waals surface area contributed by atoms with E-state index in [9.17, 15) is 22.8 Å². The van der Waals surface area contributed by atoms with E-state index in [0.717, 1.165) is 54.7 Å². The number of likely N-dealkylation sites (tertiary alicyclic amines) is 1. The summed E-state index contributed by atoms with van der Waals surface area (Å²) in [6.07, 6.45) is 2.53. The van der Waals surface area contributed by atoms with Gasteiger partial charge >= 0.3 is 6.09 Å². The van der Waals surface area contributed by atoms with Crippen LogP contribution in [0.2, 0.25) is 0 Å². The van der Waals surface area contributed by atoms with E-state index < -0.39 is 40.2 Å². The average molecular weight is 549 g/mol. The summed E-state index contributed by atoms with van der Waals surface area (Å²) < 4.78 is 58.1. The van der Waals surface area contributed by atoms with E-state index in [2.05, 4.69) is 14.7 Å². The number of halogens is 3. The fourth-order valence-electron chi connectivity index (χ4n) is 3.87. The molecule has 4 rings (SSSR count). The molecule has 3 heterocycles. The molecule has 0 radical (unpaired) electrons. The molecule has 0 bridgehead atoms. The highest BCUT2D eigenvalue weighted by atomic mass is 32.1. The molecule has 0 spiro atoms. The molecule has 8 nitrogen and oxygen atoms in total. The summed E-state index contributed by atoms with van der Waals surface area (Å²) in [6, 6.07) is 5.16. The van der Waals surface area contributed by atoms with Crippen molar-refractivity contribution in [2.24, 2.45) is 5.92 Å². The van der Waals surface area contributed by atoms with Crippen molar-refractivity contribution < 1.29 is 32.2 Å². The Kier molecular flexibility index (Phi) is 8.20. The van der Waals surface area contributed by atoms with E-state index in [0.29, 0.717) is 24.8 Å². The fraction of sp³-hybridized carbons (Fsp3) is 0.385. The lowest BCUT2D eigenvalue weighted by Gasteiger charge is -2.33. The van der Waals surface area contributed by atoms with Gasteiger partial charge in [-0.25, -0.2) is 22.9 Å². The molecule has 0 atom stereocenters. The van der Waals surface area contributed by atoms with Gasteiger partial charge in [0.25, 0.3) is 5.91 Å². The number of pyridine rings is 1. The molecule has 38 heavy (non-hydrogen) atoms. The Hall–Kier alpha value is -3.67. The van der Waals surface area contributed by atoms with Crippen molar-refractivity contribution >= 4 is 29.2 Å². The number of amides is 2. The van der Waals surface area contributed by atoms with Gasteiger partial charge in [-0.05, 0) is 63.8 Å². The van der Waals surface area contributed by atoms with Gasteiger partial charge in [0.2, 0.25) is 5.06 Å². The summed E-state index contributed by atoms with van der Waals surface area (Å²) in [5, 5.41) is 2.98. The van der Waals surface area contributed by atoms with Crippen LogP contribution in [0, 0.1) is 23.4 Å². The van der Waals surface area contributed by atoms with Crippen molar-refractivity contribution in [3.05, 3.63) is 59.7 Å².